The molecule has 0 heterocycles. The van der Waals surface area contributed by atoms with Crippen LogP contribution in [0, 0.1) is 0 Å². The Bertz CT molecular complexity index is 1040. The molecule has 2 atom stereocenters. The van der Waals surface area contributed by atoms with Crippen LogP contribution >= 0.6 is 7.82 Å². The summed E-state index contributed by atoms with van der Waals surface area (Å²) in [7, 11) is 1.46. The van der Waals surface area contributed by atoms with Crippen molar-refractivity contribution in [2.45, 2.75) is 193 Å². The van der Waals surface area contributed by atoms with Gasteiger partial charge in [0.25, 0.3) is 0 Å². The molecule has 0 bridgehead atoms. The third-order valence-corrected chi connectivity index (χ3v) is 10.4. The normalized spacial score (nSPS) is 13.9. The maximum absolute atomic E-state index is 12.7. The number of carbonyl (C=O) groups is 2. The minimum Gasteiger partial charge on any atom is -0.462 e. The monoisotopic (exact) mass is 799 g/mol. The van der Waals surface area contributed by atoms with Gasteiger partial charge in [-0.3, -0.25) is 18.6 Å². The molecule has 0 aromatic carbocycles. The summed E-state index contributed by atoms with van der Waals surface area (Å²) in [5.41, 5.74) is 0. The van der Waals surface area contributed by atoms with Crippen molar-refractivity contribution in [3.05, 3.63) is 36.5 Å². The standard InChI is InChI=1S/C45H84NO8P/c1-6-8-10-12-14-16-18-20-22-24-26-28-30-32-34-36-38-45(48)54-43(42-53-55(49,50)52-40-39-46(3,4)5)41-51-44(47)37-35-33-31-29-27-25-23-21-19-17-15-13-11-9-7-2/h15,17,21-24,43H,6-14,16,18-20,25-42H2,1-5H3/p+1/b17-15-,23-21-,24-22-/t43-/m1/s1. The fourth-order valence-electron chi connectivity index (χ4n) is 5.86. The maximum Gasteiger partial charge on any atom is 0.472 e. The molecule has 0 amide bonds. The van der Waals surface area contributed by atoms with Crippen molar-refractivity contribution in [2.75, 3.05) is 47.5 Å². The Morgan fingerprint density at radius 2 is 0.982 bits per heavy atom. The van der Waals surface area contributed by atoms with E-state index < -0.39 is 26.5 Å². The highest BCUT2D eigenvalue weighted by atomic mass is 31.2. The highest BCUT2D eigenvalue weighted by Gasteiger charge is 2.27. The summed E-state index contributed by atoms with van der Waals surface area (Å²) in [5.74, 6) is -0.823. The molecule has 0 aromatic rings. The Morgan fingerprint density at radius 3 is 1.49 bits per heavy atom. The molecular formula is C45H85NO8P+. The largest absolute Gasteiger partial charge is 0.472 e. The second kappa shape index (κ2) is 37.8. The van der Waals surface area contributed by atoms with Gasteiger partial charge in [-0.15, -0.1) is 0 Å². The van der Waals surface area contributed by atoms with Gasteiger partial charge in [-0.1, -0.05) is 140 Å². The quantitative estimate of drug-likeness (QED) is 0.0215. The molecule has 0 fully saturated rings. The SMILES string of the molecule is CCCCC/C=C\C/C=C\CCCCCCCC(=O)OC[C@H](COP(=O)(O)OCC[N+](C)(C)C)OC(=O)CCCCCCC/C=C\CCCCCCCCC. The number of phosphoric ester groups is 1. The van der Waals surface area contributed by atoms with E-state index in [1.54, 1.807) is 0 Å². The van der Waals surface area contributed by atoms with Gasteiger partial charge in [-0.25, -0.2) is 4.57 Å². The average molecular weight is 799 g/mol. The first-order chi connectivity index (χ1) is 26.5. The number of nitrogens with zero attached hydrogens (tertiary/aromatic N) is 1. The zero-order valence-electron chi connectivity index (χ0n) is 36.2. The zero-order chi connectivity index (χ0) is 40.7. The number of quaternary nitrogens is 1. The van der Waals surface area contributed by atoms with Crippen molar-refractivity contribution in [1.29, 1.82) is 0 Å². The Morgan fingerprint density at radius 1 is 0.564 bits per heavy atom. The van der Waals surface area contributed by atoms with Crippen LogP contribution in [0.4, 0.5) is 0 Å². The van der Waals surface area contributed by atoms with Gasteiger partial charge < -0.3 is 18.9 Å². The molecule has 0 aromatic heterocycles. The molecule has 10 heteroatoms. The highest BCUT2D eigenvalue weighted by molar-refractivity contribution is 7.47. The molecular weight excluding hydrogens is 713 g/mol. The lowest BCUT2D eigenvalue weighted by atomic mass is 10.1. The molecule has 0 aliphatic heterocycles. The second-order valence-electron chi connectivity index (χ2n) is 16.1. The van der Waals surface area contributed by atoms with Gasteiger partial charge in [-0.2, -0.15) is 0 Å². The molecule has 9 nitrogen and oxygen atoms in total. The Kier molecular flexibility index (Phi) is 36.6. The lowest BCUT2D eigenvalue weighted by Crippen LogP contribution is -2.37. The van der Waals surface area contributed by atoms with E-state index in [0.29, 0.717) is 17.4 Å². The van der Waals surface area contributed by atoms with Gasteiger partial charge in [0, 0.05) is 12.8 Å². The van der Waals surface area contributed by atoms with Crippen LogP contribution < -0.4 is 0 Å². The number of ether oxygens (including phenoxy) is 2. The Labute approximate surface area is 338 Å². The average Bonchev–Trinajstić information content (AvgIpc) is 3.13. The van der Waals surface area contributed by atoms with Crippen molar-refractivity contribution in [2.24, 2.45) is 0 Å². The summed E-state index contributed by atoms with van der Waals surface area (Å²) >= 11 is 0. The van der Waals surface area contributed by atoms with Crippen LogP contribution in [0.25, 0.3) is 0 Å². The molecule has 0 saturated carbocycles. The molecule has 55 heavy (non-hydrogen) atoms. The lowest BCUT2D eigenvalue weighted by molar-refractivity contribution is -0.870. The summed E-state index contributed by atoms with van der Waals surface area (Å²) < 4.78 is 34.3. The predicted octanol–water partition coefficient (Wildman–Crippen LogP) is 12.5. The predicted molar refractivity (Wildman–Crippen MR) is 229 cm³/mol. The third-order valence-electron chi connectivity index (χ3n) is 9.39. The number of rotatable bonds is 40. The van der Waals surface area contributed by atoms with Crippen LogP contribution in [0.1, 0.15) is 187 Å². The molecule has 322 valence electrons. The van der Waals surface area contributed by atoms with Crippen LogP contribution in [0.3, 0.4) is 0 Å². The lowest BCUT2D eigenvalue weighted by Gasteiger charge is -2.24. The summed E-state index contributed by atoms with van der Waals surface area (Å²) in [6.45, 7) is 4.37. The van der Waals surface area contributed by atoms with E-state index in [9.17, 15) is 19.0 Å². The van der Waals surface area contributed by atoms with E-state index in [2.05, 4.69) is 50.3 Å². The summed E-state index contributed by atoms with van der Waals surface area (Å²) in [4.78, 5) is 35.3. The van der Waals surface area contributed by atoms with E-state index >= 15 is 0 Å². The summed E-state index contributed by atoms with van der Waals surface area (Å²) in [6, 6.07) is 0. The number of allylic oxidation sites excluding steroid dienone is 6. The van der Waals surface area contributed by atoms with Gasteiger partial charge in [0.2, 0.25) is 0 Å². The van der Waals surface area contributed by atoms with Crippen LogP contribution in [-0.4, -0.2) is 74.9 Å². The third kappa shape index (κ3) is 41.7. The van der Waals surface area contributed by atoms with Crippen molar-refractivity contribution in [1.82, 2.24) is 0 Å². The van der Waals surface area contributed by atoms with E-state index in [1.165, 1.54) is 77.0 Å². The minimum absolute atomic E-state index is 0.0276. The molecule has 0 radical (unpaired) electrons. The summed E-state index contributed by atoms with van der Waals surface area (Å²) in [5, 5.41) is 0. The molecule has 0 rings (SSSR count). The van der Waals surface area contributed by atoms with Gasteiger partial charge >= 0.3 is 19.8 Å². The molecule has 0 aliphatic carbocycles. The number of hydrogen-bond donors (Lipinski definition) is 1. The van der Waals surface area contributed by atoms with Crippen LogP contribution in [0.15, 0.2) is 36.5 Å². The molecule has 0 aliphatic rings. The maximum atomic E-state index is 12.7. The van der Waals surface area contributed by atoms with Gasteiger partial charge in [0.1, 0.15) is 19.8 Å². The number of esters is 2. The zero-order valence-corrected chi connectivity index (χ0v) is 37.1. The number of carbonyl (C=O) groups excluding carboxylic acids is 2. The van der Waals surface area contributed by atoms with Gasteiger partial charge in [-0.05, 0) is 70.6 Å². The van der Waals surface area contributed by atoms with E-state index in [4.69, 9.17) is 18.5 Å². The van der Waals surface area contributed by atoms with E-state index in [1.807, 2.05) is 21.1 Å². The first kappa shape index (κ1) is 53.2. The van der Waals surface area contributed by atoms with Crippen LogP contribution in [0.5, 0.6) is 0 Å². The minimum atomic E-state index is -4.38. The van der Waals surface area contributed by atoms with Crippen LogP contribution in [0.2, 0.25) is 0 Å². The van der Waals surface area contributed by atoms with Crippen molar-refractivity contribution < 1.29 is 42.1 Å². The number of likely N-dealkylation sites (N-methyl/N-ethyl adjacent to an activating group) is 1. The second-order valence-corrected chi connectivity index (χ2v) is 17.5. The van der Waals surface area contributed by atoms with Gasteiger partial charge in [0.15, 0.2) is 6.10 Å². The van der Waals surface area contributed by atoms with Crippen molar-refractivity contribution in [3.8, 4) is 0 Å². The topological polar surface area (TPSA) is 108 Å². The molecule has 1 unspecified atom stereocenters. The fourth-order valence-corrected chi connectivity index (χ4v) is 6.60. The Hall–Kier alpha value is -1.77. The molecule has 0 saturated heterocycles. The first-order valence-electron chi connectivity index (χ1n) is 22.2. The van der Waals surface area contributed by atoms with Crippen LogP contribution in [-0.2, 0) is 32.7 Å². The number of unbranched alkanes of at least 4 members (excludes halogenated alkanes) is 20. The fraction of sp³-hybridized carbons (Fsp3) is 0.822. The van der Waals surface area contributed by atoms with Gasteiger partial charge in [0.05, 0.1) is 27.7 Å². The van der Waals surface area contributed by atoms with Crippen molar-refractivity contribution >= 4 is 19.8 Å². The van der Waals surface area contributed by atoms with E-state index in [0.717, 1.165) is 77.0 Å². The smallest absolute Gasteiger partial charge is 0.462 e. The Balaban J connectivity index is 4.39. The summed E-state index contributed by atoms with van der Waals surface area (Å²) in [6.07, 6.45) is 41.8. The molecule has 0 spiro atoms. The number of phosphoric acid groups is 1. The first-order valence-corrected chi connectivity index (χ1v) is 23.7. The van der Waals surface area contributed by atoms with E-state index in [-0.39, 0.29) is 32.0 Å². The molecule has 1 N–H and O–H groups in total. The highest BCUT2D eigenvalue weighted by Crippen LogP contribution is 2.43. The number of hydrogen-bond acceptors (Lipinski definition) is 7. The van der Waals surface area contributed by atoms with Crippen molar-refractivity contribution in [3.63, 3.8) is 0 Å².